The first-order chi connectivity index (χ1) is 9.72. The molecule has 106 valence electrons. The van der Waals surface area contributed by atoms with Crippen molar-refractivity contribution in [3.8, 4) is 0 Å². The monoisotopic (exact) mass is 271 g/mol. The molecule has 0 fully saturated rings. The van der Waals surface area contributed by atoms with Crippen LogP contribution in [0.25, 0.3) is 0 Å². The van der Waals surface area contributed by atoms with Gasteiger partial charge in [-0.05, 0) is 31.5 Å². The number of hydrogen-bond acceptors (Lipinski definition) is 3. The zero-order valence-corrected chi connectivity index (χ0v) is 12.1. The van der Waals surface area contributed by atoms with Gasteiger partial charge in [0.2, 0.25) is 0 Å². The Morgan fingerprint density at radius 1 is 1.25 bits per heavy atom. The van der Waals surface area contributed by atoms with Gasteiger partial charge in [0.1, 0.15) is 0 Å². The second-order valence-electron chi connectivity index (χ2n) is 4.73. The SMILES string of the molecule is CCc1cc(CC(=O)CNc2ccccc2)n(CC)n1. The molecule has 0 aliphatic heterocycles. The number of carbonyl (C=O) groups is 1. The zero-order valence-electron chi connectivity index (χ0n) is 12.1. The number of aryl methyl sites for hydroxylation is 2. The lowest BCUT2D eigenvalue weighted by atomic mass is 10.2. The van der Waals surface area contributed by atoms with Crippen molar-refractivity contribution in [2.45, 2.75) is 33.2 Å². The van der Waals surface area contributed by atoms with Gasteiger partial charge in [0.25, 0.3) is 0 Å². The lowest BCUT2D eigenvalue weighted by Gasteiger charge is -2.06. The topological polar surface area (TPSA) is 46.9 Å². The number of anilines is 1. The minimum absolute atomic E-state index is 0.172. The Labute approximate surface area is 119 Å². The van der Waals surface area contributed by atoms with Crippen LogP contribution in [0.15, 0.2) is 36.4 Å². The van der Waals surface area contributed by atoms with Crippen molar-refractivity contribution in [3.05, 3.63) is 47.8 Å². The van der Waals surface area contributed by atoms with Crippen LogP contribution in [-0.4, -0.2) is 22.1 Å². The second kappa shape index (κ2) is 6.89. The summed E-state index contributed by atoms with van der Waals surface area (Å²) in [5.74, 6) is 0.172. The molecule has 2 rings (SSSR count). The van der Waals surface area contributed by atoms with Crippen LogP contribution in [0, 0.1) is 0 Å². The van der Waals surface area contributed by atoms with Crippen molar-refractivity contribution in [1.29, 1.82) is 0 Å². The van der Waals surface area contributed by atoms with Crippen molar-refractivity contribution < 1.29 is 4.79 Å². The van der Waals surface area contributed by atoms with Crippen LogP contribution >= 0.6 is 0 Å². The fraction of sp³-hybridized carbons (Fsp3) is 0.375. The maximum Gasteiger partial charge on any atom is 0.157 e. The van der Waals surface area contributed by atoms with Crippen molar-refractivity contribution in [2.75, 3.05) is 11.9 Å². The van der Waals surface area contributed by atoms with E-state index in [-0.39, 0.29) is 5.78 Å². The molecule has 4 heteroatoms. The van der Waals surface area contributed by atoms with Gasteiger partial charge in [-0.15, -0.1) is 0 Å². The Kier molecular flexibility index (Phi) is 4.93. The average molecular weight is 271 g/mol. The van der Waals surface area contributed by atoms with Gasteiger partial charge in [0, 0.05) is 17.9 Å². The minimum Gasteiger partial charge on any atom is -0.378 e. The molecule has 2 aromatic rings. The van der Waals surface area contributed by atoms with Gasteiger partial charge in [-0.25, -0.2) is 0 Å². The minimum atomic E-state index is 0.172. The molecule has 0 saturated carbocycles. The number of Topliss-reactive ketones (excluding diaryl/α,β-unsaturated/α-hetero) is 1. The molecule has 1 aromatic heterocycles. The molecule has 4 nitrogen and oxygen atoms in total. The molecule has 20 heavy (non-hydrogen) atoms. The predicted molar refractivity (Wildman–Crippen MR) is 80.9 cm³/mol. The number of ketones is 1. The van der Waals surface area contributed by atoms with Gasteiger partial charge in [-0.2, -0.15) is 5.10 Å². The van der Waals surface area contributed by atoms with Crippen LogP contribution < -0.4 is 5.32 Å². The Hall–Kier alpha value is -2.10. The highest BCUT2D eigenvalue weighted by atomic mass is 16.1. The van der Waals surface area contributed by atoms with E-state index < -0.39 is 0 Å². The summed E-state index contributed by atoms with van der Waals surface area (Å²) in [6.45, 7) is 5.27. The van der Waals surface area contributed by atoms with Crippen molar-refractivity contribution in [2.24, 2.45) is 0 Å². The molecule has 0 atom stereocenters. The van der Waals surface area contributed by atoms with E-state index in [9.17, 15) is 4.79 Å². The normalized spacial score (nSPS) is 10.5. The van der Waals surface area contributed by atoms with E-state index in [0.717, 1.165) is 30.0 Å². The Balaban J connectivity index is 1.92. The van der Waals surface area contributed by atoms with Gasteiger partial charge in [-0.3, -0.25) is 9.48 Å². The first kappa shape index (κ1) is 14.3. The molecular formula is C16H21N3O. The lowest BCUT2D eigenvalue weighted by Crippen LogP contribution is -2.18. The molecule has 0 unspecified atom stereocenters. The van der Waals surface area contributed by atoms with E-state index in [0.29, 0.717) is 13.0 Å². The molecular weight excluding hydrogens is 250 g/mol. The van der Waals surface area contributed by atoms with Crippen molar-refractivity contribution in [1.82, 2.24) is 9.78 Å². The summed E-state index contributed by atoms with van der Waals surface area (Å²) in [6.07, 6.45) is 1.33. The summed E-state index contributed by atoms with van der Waals surface area (Å²) < 4.78 is 1.92. The van der Waals surface area contributed by atoms with Crippen LogP contribution in [-0.2, 0) is 24.2 Å². The fourth-order valence-electron chi connectivity index (χ4n) is 2.12. The van der Waals surface area contributed by atoms with Crippen LogP contribution in [0.4, 0.5) is 5.69 Å². The number of rotatable bonds is 7. The Morgan fingerprint density at radius 2 is 2.00 bits per heavy atom. The Morgan fingerprint density at radius 3 is 2.65 bits per heavy atom. The first-order valence-corrected chi connectivity index (χ1v) is 7.09. The summed E-state index contributed by atoms with van der Waals surface area (Å²) in [6, 6.07) is 11.8. The molecule has 0 amide bonds. The highest BCUT2D eigenvalue weighted by molar-refractivity contribution is 5.84. The summed E-state index contributed by atoms with van der Waals surface area (Å²) in [7, 11) is 0. The van der Waals surface area contributed by atoms with Crippen molar-refractivity contribution >= 4 is 11.5 Å². The number of para-hydroxylation sites is 1. The second-order valence-corrected chi connectivity index (χ2v) is 4.73. The van der Waals surface area contributed by atoms with E-state index in [1.165, 1.54) is 0 Å². The smallest absolute Gasteiger partial charge is 0.157 e. The molecule has 0 aliphatic carbocycles. The van der Waals surface area contributed by atoms with E-state index in [1.807, 2.05) is 48.0 Å². The third-order valence-electron chi connectivity index (χ3n) is 3.22. The molecule has 0 radical (unpaired) electrons. The van der Waals surface area contributed by atoms with E-state index in [2.05, 4.69) is 17.3 Å². The van der Waals surface area contributed by atoms with Gasteiger partial charge in [0.15, 0.2) is 5.78 Å². The number of aromatic nitrogens is 2. The zero-order chi connectivity index (χ0) is 14.4. The standard InChI is InChI=1S/C16H21N3O/c1-3-13-10-15(19(4-2)18-13)11-16(20)12-17-14-8-6-5-7-9-14/h5-10,17H,3-4,11-12H2,1-2H3. The quantitative estimate of drug-likeness (QED) is 0.842. The molecule has 1 aromatic carbocycles. The third kappa shape index (κ3) is 3.70. The fourth-order valence-corrected chi connectivity index (χ4v) is 2.12. The maximum atomic E-state index is 12.0. The summed E-state index contributed by atoms with van der Waals surface area (Å²) in [5, 5.41) is 7.61. The van der Waals surface area contributed by atoms with Crippen LogP contribution in [0.3, 0.4) is 0 Å². The maximum absolute atomic E-state index is 12.0. The molecule has 0 bridgehead atoms. The Bertz CT molecular complexity index is 560. The van der Waals surface area contributed by atoms with Gasteiger partial charge in [0.05, 0.1) is 18.7 Å². The molecule has 0 spiro atoms. The number of hydrogen-bond donors (Lipinski definition) is 1. The van der Waals surface area contributed by atoms with Crippen LogP contribution in [0.1, 0.15) is 25.2 Å². The predicted octanol–water partition coefficient (Wildman–Crippen LogP) is 2.69. The number of nitrogens with one attached hydrogen (secondary N) is 1. The number of carbonyl (C=O) groups excluding carboxylic acids is 1. The third-order valence-corrected chi connectivity index (χ3v) is 3.22. The lowest BCUT2D eigenvalue weighted by molar-refractivity contribution is -0.116. The van der Waals surface area contributed by atoms with E-state index >= 15 is 0 Å². The highest BCUT2D eigenvalue weighted by Crippen LogP contribution is 2.08. The van der Waals surface area contributed by atoms with E-state index in [4.69, 9.17) is 0 Å². The summed E-state index contributed by atoms with van der Waals surface area (Å²) >= 11 is 0. The molecule has 0 saturated heterocycles. The molecule has 1 N–H and O–H groups in total. The average Bonchev–Trinajstić information content (AvgIpc) is 2.88. The highest BCUT2D eigenvalue weighted by Gasteiger charge is 2.10. The van der Waals surface area contributed by atoms with Gasteiger partial charge >= 0.3 is 0 Å². The molecule has 0 aliphatic rings. The van der Waals surface area contributed by atoms with E-state index in [1.54, 1.807) is 0 Å². The first-order valence-electron chi connectivity index (χ1n) is 7.09. The van der Waals surface area contributed by atoms with Crippen LogP contribution in [0.5, 0.6) is 0 Å². The van der Waals surface area contributed by atoms with Gasteiger partial charge in [-0.1, -0.05) is 25.1 Å². The van der Waals surface area contributed by atoms with Crippen molar-refractivity contribution in [3.63, 3.8) is 0 Å². The molecule has 1 heterocycles. The largest absolute Gasteiger partial charge is 0.378 e. The summed E-state index contributed by atoms with van der Waals surface area (Å²) in [4.78, 5) is 12.0. The number of benzene rings is 1. The number of nitrogens with zero attached hydrogens (tertiary/aromatic N) is 2. The summed E-state index contributed by atoms with van der Waals surface area (Å²) in [5.41, 5.74) is 3.02. The van der Waals surface area contributed by atoms with Crippen LogP contribution in [0.2, 0.25) is 0 Å². The van der Waals surface area contributed by atoms with Gasteiger partial charge < -0.3 is 5.32 Å².